The minimum absolute atomic E-state index is 0.244. The molecule has 3 rings (SSSR count). The molecule has 0 aliphatic carbocycles. The number of H-pyrrole nitrogens is 1. The molecular formula is C11H9BrN4O. The molecule has 0 amide bonds. The normalized spacial score (nSPS) is 11.4. The Labute approximate surface area is 104 Å². The van der Waals surface area contributed by atoms with Crippen molar-refractivity contribution in [2.75, 3.05) is 0 Å². The highest BCUT2D eigenvalue weighted by molar-refractivity contribution is 9.10. The summed E-state index contributed by atoms with van der Waals surface area (Å²) in [6.45, 7) is 0.412. The molecule has 3 N–H and O–H groups in total. The van der Waals surface area contributed by atoms with Gasteiger partial charge in [-0.3, -0.25) is 0 Å². The Morgan fingerprint density at radius 3 is 3.00 bits per heavy atom. The molecular weight excluding hydrogens is 284 g/mol. The number of hydrogen-bond acceptors (Lipinski definition) is 3. The number of nitrogens with zero attached hydrogens (tertiary/aromatic N) is 2. The molecule has 0 saturated heterocycles. The number of aromatic amines is 1. The van der Waals surface area contributed by atoms with Crippen LogP contribution in [0.2, 0.25) is 0 Å². The van der Waals surface area contributed by atoms with Gasteiger partial charge < -0.3 is 5.73 Å². The molecule has 6 heteroatoms. The van der Waals surface area contributed by atoms with E-state index in [0.29, 0.717) is 12.2 Å². The first-order chi connectivity index (χ1) is 8.20. The number of halogens is 1. The van der Waals surface area contributed by atoms with Gasteiger partial charge in [0.2, 0.25) is 0 Å². The fourth-order valence-corrected chi connectivity index (χ4v) is 2.35. The van der Waals surface area contributed by atoms with E-state index in [4.69, 9.17) is 5.73 Å². The molecule has 17 heavy (non-hydrogen) atoms. The van der Waals surface area contributed by atoms with Crippen molar-refractivity contribution in [3.05, 3.63) is 44.8 Å². The number of pyridine rings is 1. The van der Waals surface area contributed by atoms with Crippen LogP contribution >= 0.6 is 15.9 Å². The van der Waals surface area contributed by atoms with Gasteiger partial charge >= 0.3 is 5.69 Å². The van der Waals surface area contributed by atoms with Crippen molar-refractivity contribution >= 4 is 32.5 Å². The van der Waals surface area contributed by atoms with E-state index >= 15 is 0 Å². The van der Waals surface area contributed by atoms with Crippen LogP contribution in [0.3, 0.4) is 0 Å². The Bertz CT molecular complexity index is 774. The summed E-state index contributed by atoms with van der Waals surface area (Å²) in [6.07, 6.45) is 0. The van der Waals surface area contributed by atoms with Gasteiger partial charge in [0.1, 0.15) is 0 Å². The molecule has 0 aliphatic heterocycles. The number of nitrogens with two attached hydrogens (primary N) is 1. The average molecular weight is 293 g/mol. The van der Waals surface area contributed by atoms with Crippen LogP contribution in [-0.2, 0) is 6.54 Å². The lowest BCUT2D eigenvalue weighted by Gasteiger charge is -2.06. The molecule has 0 spiro atoms. The number of rotatable bonds is 1. The Kier molecular flexibility index (Phi) is 2.27. The number of nitrogens with one attached hydrogen (secondary N) is 1. The zero-order valence-corrected chi connectivity index (χ0v) is 10.4. The fraction of sp³-hybridized carbons (Fsp3) is 0.0909. The third kappa shape index (κ3) is 1.49. The maximum Gasteiger partial charge on any atom is 0.348 e. The van der Waals surface area contributed by atoms with E-state index in [1.165, 1.54) is 0 Å². The standard InChI is InChI=1S/C11H9BrN4O/c12-7-1-2-8-6(5-13)3-10-14-15-11(17)16(10)9(8)4-7/h1-4H,5,13H2,(H,15,17). The van der Waals surface area contributed by atoms with E-state index in [-0.39, 0.29) is 5.69 Å². The maximum atomic E-state index is 11.7. The highest BCUT2D eigenvalue weighted by Crippen LogP contribution is 2.23. The Morgan fingerprint density at radius 1 is 1.41 bits per heavy atom. The quantitative estimate of drug-likeness (QED) is 0.712. The van der Waals surface area contributed by atoms with Crippen LogP contribution in [0, 0.1) is 0 Å². The second-order valence-corrected chi connectivity index (χ2v) is 4.67. The molecule has 0 atom stereocenters. The van der Waals surface area contributed by atoms with E-state index in [2.05, 4.69) is 26.1 Å². The third-order valence-electron chi connectivity index (χ3n) is 2.77. The van der Waals surface area contributed by atoms with Crippen molar-refractivity contribution in [3.8, 4) is 0 Å². The summed E-state index contributed by atoms with van der Waals surface area (Å²) in [4.78, 5) is 11.7. The van der Waals surface area contributed by atoms with Crippen LogP contribution in [0.1, 0.15) is 5.56 Å². The molecule has 86 valence electrons. The van der Waals surface area contributed by atoms with Crippen molar-refractivity contribution in [1.82, 2.24) is 14.6 Å². The lowest BCUT2D eigenvalue weighted by atomic mass is 10.1. The van der Waals surface area contributed by atoms with Crippen LogP contribution in [0.25, 0.3) is 16.6 Å². The Hall–Kier alpha value is -1.66. The first-order valence-corrected chi connectivity index (χ1v) is 5.88. The topological polar surface area (TPSA) is 76.2 Å². The van der Waals surface area contributed by atoms with Gasteiger partial charge in [0.05, 0.1) is 5.52 Å². The van der Waals surface area contributed by atoms with Gasteiger partial charge in [-0.2, -0.15) is 5.10 Å². The highest BCUT2D eigenvalue weighted by Gasteiger charge is 2.09. The van der Waals surface area contributed by atoms with Crippen LogP contribution in [-0.4, -0.2) is 14.6 Å². The predicted octanol–water partition coefficient (Wildman–Crippen LogP) is 1.40. The molecule has 0 bridgehead atoms. The minimum Gasteiger partial charge on any atom is -0.326 e. The zero-order chi connectivity index (χ0) is 12.0. The highest BCUT2D eigenvalue weighted by atomic mass is 79.9. The summed E-state index contributed by atoms with van der Waals surface area (Å²) in [6, 6.07) is 7.59. The zero-order valence-electron chi connectivity index (χ0n) is 8.77. The first-order valence-electron chi connectivity index (χ1n) is 5.09. The SMILES string of the molecule is NCc1cc2n[nH]c(=O)n2c2cc(Br)ccc12. The van der Waals surface area contributed by atoms with Crippen molar-refractivity contribution in [1.29, 1.82) is 0 Å². The summed E-state index contributed by atoms with van der Waals surface area (Å²) < 4.78 is 2.45. The first kappa shape index (κ1) is 10.5. The molecule has 2 aromatic heterocycles. The lowest BCUT2D eigenvalue weighted by molar-refractivity contribution is 1.04. The molecule has 1 aromatic carbocycles. The smallest absolute Gasteiger partial charge is 0.326 e. The number of aromatic nitrogens is 3. The van der Waals surface area contributed by atoms with Crippen molar-refractivity contribution in [3.63, 3.8) is 0 Å². The maximum absolute atomic E-state index is 11.7. The Balaban J connectivity index is 2.64. The molecule has 3 aromatic rings. The molecule has 0 saturated carbocycles. The van der Waals surface area contributed by atoms with E-state index in [1.807, 2.05) is 24.3 Å². The van der Waals surface area contributed by atoms with E-state index in [0.717, 1.165) is 20.9 Å². The fourth-order valence-electron chi connectivity index (χ4n) is 2.00. The predicted molar refractivity (Wildman–Crippen MR) is 68.9 cm³/mol. The molecule has 5 nitrogen and oxygen atoms in total. The van der Waals surface area contributed by atoms with Gasteiger partial charge in [-0.05, 0) is 23.8 Å². The van der Waals surface area contributed by atoms with Crippen LogP contribution < -0.4 is 11.4 Å². The summed E-state index contributed by atoms with van der Waals surface area (Å²) >= 11 is 3.40. The van der Waals surface area contributed by atoms with E-state index in [1.54, 1.807) is 4.40 Å². The van der Waals surface area contributed by atoms with Gasteiger partial charge in [-0.15, -0.1) is 0 Å². The van der Waals surface area contributed by atoms with Crippen LogP contribution in [0.15, 0.2) is 33.5 Å². The van der Waals surface area contributed by atoms with Gasteiger partial charge in [-0.1, -0.05) is 22.0 Å². The monoisotopic (exact) mass is 292 g/mol. The van der Waals surface area contributed by atoms with Crippen LogP contribution in [0.5, 0.6) is 0 Å². The third-order valence-corrected chi connectivity index (χ3v) is 3.26. The number of benzene rings is 1. The average Bonchev–Trinajstić information content (AvgIpc) is 2.70. The van der Waals surface area contributed by atoms with Gasteiger partial charge in [0, 0.05) is 16.4 Å². The molecule has 0 aliphatic rings. The van der Waals surface area contributed by atoms with E-state index < -0.39 is 0 Å². The van der Waals surface area contributed by atoms with Crippen molar-refractivity contribution in [2.24, 2.45) is 5.73 Å². The minimum atomic E-state index is -0.244. The lowest BCUT2D eigenvalue weighted by Crippen LogP contribution is -2.11. The number of fused-ring (bicyclic) bond motifs is 3. The van der Waals surface area contributed by atoms with Crippen molar-refractivity contribution < 1.29 is 0 Å². The summed E-state index contributed by atoms with van der Waals surface area (Å²) in [5.74, 6) is 0. The second kappa shape index (κ2) is 3.68. The molecule has 2 heterocycles. The van der Waals surface area contributed by atoms with E-state index in [9.17, 15) is 4.79 Å². The summed E-state index contributed by atoms with van der Waals surface area (Å²) in [5, 5.41) is 7.37. The Morgan fingerprint density at radius 2 is 2.24 bits per heavy atom. The second-order valence-electron chi connectivity index (χ2n) is 3.76. The van der Waals surface area contributed by atoms with Gasteiger partial charge in [0.15, 0.2) is 5.65 Å². The summed E-state index contributed by atoms with van der Waals surface area (Å²) in [5.41, 5.74) is 7.83. The number of hydrogen-bond donors (Lipinski definition) is 2. The molecule has 0 unspecified atom stereocenters. The molecule has 0 fully saturated rings. The largest absolute Gasteiger partial charge is 0.348 e. The molecule has 0 radical (unpaired) electrons. The van der Waals surface area contributed by atoms with Crippen molar-refractivity contribution in [2.45, 2.75) is 6.54 Å². The van der Waals surface area contributed by atoms with Gasteiger partial charge in [0.25, 0.3) is 0 Å². The van der Waals surface area contributed by atoms with Gasteiger partial charge in [-0.25, -0.2) is 14.3 Å². The summed E-state index contributed by atoms with van der Waals surface area (Å²) in [7, 11) is 0. The van der Waals surface area contributed by atoms with Crippen LogP contribution in [0.4, 0.5) is 0 Å².